The summed E-state index contributed by atoms with van der Waals surface area (Å²) in [5.74, 6) is 1.10. The molecule has 1 atom stereocenters. The molecule has 0 aromatic heterocycles. The Morgan fingerprint density at radius 1 is 1.33 bits per heavy atom. The van der Waals surface area contributed by atoms with Gasteiger partial charge in [0.2, 0.25) is 5.91 Å². The number of amides is 1. The zero-order valence-electron chi connectivity index (χ0n) is 14.5. The molecule has 4 nitrogen and oxygen atoms in total. The van der Waals surface area contributed by atoms with E-state index in [0.717, 1.165) is 48.4 Å². The molecule has 2 fully saturated rings. The van der Waals surface area contributed by atoms with Crippen LogP contribution >= 0.6 is 11.6 Å². The molecule has 1 heterocycles. The Morgan fingerprint density at radius 2 is 2.00 bits per heavy atom. The van der Waals surface area contributed by atoms with Gasteiger partial charge in [0, 0.05) is 17.5 Å². The predicted octanol–water partition coefficient (Wildman–Crippen LogP) is 3.49. The minimum Gasteiger partial charge on any atom is -0.491 e. The molecule has 1 saturated carbocycles. The van der Waals surface area contributed by atoms with Crippen molar-refractivity contribution >= 4 is 17.5 Å². The number of aryl methyl sites for hydroxylation is 2. The highest BCUT2D eigenvalue weighted by Gasteiger charge is 2.39. The van der Waals surface area contributed by atoms with Gasteiger partial charge in [-0.1, -0.05) is 18.0 Å². The van der Waals surface area contributed by atoms with Crippen molar-refractivity contribution < 1.29 is 14.6 Å². The van der Waals surface area contributed by atoms with E-state index in [0.29, 0.717) is 18.7 Å². The SMILES string of the molecule is Cc1cc(OCC2(O)CCCN(C(=O)C3CCC3)C2)cc(C)c1Cl. The van der Waals surface area contributed by atoms with Gasteiger partial charge >= 0.3 is 0 Å². The Hall–Kier alpha value is -1.26. The van der Waals surface area contributed by atoms with Crippen LogP contribution in [-0.2, 0) is 4.79 Å². The van der Waals surface area contributed by atoms with E-state index >= 15 is 0 Å². The fourth-order valence-electron chi connectivity index (χ4n) is 3.54. The molecule has 1 aliphatic carbocycles. The van der Waals surface area contributed by atoms with Gasteiger partial charge in [-0.2, -0.15) is 0 Å². The molecule has 1 saturated heterocycles. The van der Waals surface area contributed by atoms with Crippen molar-refractivity contribution in [1.29, 1.82) is 0 Å². The lowest BCUT2D eigenvalue weighted by atomic mass is 9.83. The third-order valence-electron chi connectivity index (χ3n) is 5.24. The van der Waals surface area contributed by atoms with Gasteiger partial charge in [0.1, 0.15) is 18.0 Å². The molecule has 1 aromatic carbocycles. The maximum Gasteiger partial charge on any atom is 0.225 e. The second kappa shape index (κ2) is 6.93. The average Bonchev–Trinajstić information content (AvgIpc) is 2.49. The number of nitrogens with zero attached hydrogens (tertiary/aromatic N) is 1. The smallest absolute Gasteiger partial charge is 0.225 e. The van der Waals surface area contributed by atoms with E-state index in [4.69, 9.17) is 16.3 Å². The highest BCUT2D eigenvalue weighted by molar-refractivity contribution is 6.32. The average molecular weight is 352 g/mol. The fraction of sp³-hybridized carbons (Fsp3) is 0.632. The standard InChI is InChI=1S/C19H26ClNO3/c1-13-9-16(10-14(2)17(13)20)24-12-19(23)7-4-8-21(11-19)18(22)15-5-3-6-15/h9-10,15,23H,3-8,11-12H2,1-2H3. The molecule has 2 aliphatic rings. The molecule has 1 amide bonds. The van der Waals surface area contributed by atoms with E-state index in [1.54, 1.807) is 0 Å². The number of rotatable bonds is 4. The van der Waals surface area contributed by atoms with Crippen molar-refractivity contribution in [1.82, 2.24) is 4.90 Å². The van der Waals surface area contributed by atoms with Gasteiger partial charge in [-0.3, -0.25) is 4.79 Å². The van der Waals surface area contributed by atoms with E-state index in [1.165, 1.54) is 0 Å². The van der Waals surface area contributed by atoms with E-state index in [1.807, 2.05) is 30.9 Å². The lowest BCUT2D eigenvalue weighted by Crippen LogP contribution is -2.55. The number of carbonyl (C=O) groups excluding carboxylic acids is 1. The first kappa shape index (κ1) is 17.6. The van der Waals surface area contributed by atoms with Crippen LogP contribution in [0.15, 0.2) is 12.1 Å². The monoisotopic (exact) mass is 351 g/mol. The van der Waals surface area contributed by atoms with Crippen LogP contribution in [0.1, 0.15) is 43.2 Å². The normalized spacial score (nSPS) is 24.6. The highest BCUT2D eigenvalue weighted by atomic mass is 35.5. The Bertz CT molecular complexity index is 606. The summed E-state index contributed by atoms with van der Waals surface area (Å²) in [5.41, 5.74) is 0.951. The van der Waals surface area contributed by atoms with Crippen molar-refractivity contribution in [2.45, 2.75) is 51.6 Å². The van der Waals surface area contributed by atoms with Crippen molar-refractivity contribution in [2.75, 3.05) is 19.7 Å². The third kappa shape index (κ3) is 3.70. The molecule has 1 aromatic rings. The number of aliphatic hydroxyl groups is 1. The van der Waals surface area contributed by atoms with Crippen molar-refractivity contribution in [3.63, 3.8) is 0 Å². The Labute approximate surface area is 148 Å². The summed E-state index contributed by atoms with van der Waals surface area (Å²) in [6.07, 6.45) is 4.61. The maximum atomic E-state index is 12.4. The van der Waals surface area contributed by atoms with E-state index < -0.39 is 5.60 Å². The second-order valence-electron chi connectivity index (χ2n) is 7.38. The van der Waals surface area contributed by atoms with Crippen molar-refractivity contribution in [3.05, 3.63) is 28.3 Å². The quantitative estimate of drug-likeness (QED) is 0.903. The van der Waals surface area contributed by atoms with Gasteiger partial charge in [-0.05, 0) is 62.8 Å². The molecule has 0 radical (unpaired) electrons. The van der Waals surface area contributed by atoms with Crippen molar-refractivity contribution in [3.8, 4) is 5.75 Å². The van der Waals surface area contributed by atoms with Crippen molar-refractivity contribution in [2.24, 2.45) is 5.92 Å². The molecule has 1 N–H and O–H groups in total. The lowest BCUT2D eigenvalue weighted by Gasteiger charge is -2.41. The number of halogens is 1. The Balaban J connectivity index is 1.62. The van der Waals surface area contributed by atoms with Gasteiger partial charge in [-0.25, -0.2) is 0 Å². The Morgan fingerprint density at radius 3 is 2.58 bits per heavy atom. The maximum absolute atomic E-state index is 12.4. The Kier molecular flexibility index (Phi) is 5.07. The first-order valence-electron chi connectivity index (χ1n) is 8.79. The number of hydrogen-bond acceptors (Lipinski definition) is 3. The molecular formula is C19H26ClNO3. The van der Waals surface area contributed by atoms with E-state index in [9.17, 15) is 9.90 Å². The van der Waals surface area contributed by atoms with Gasteiger partial charge in [0.05, 0.1) is 6.54 Å². The van der Waals surface area contributed by atoms with E-state index in [2.05, 4.69) is 0 Å². The molecule has 132 valence electrons. The summed E-state index contributed by atoms with van der Waals surface area (Å²) in [6, 6.07) is 3.78. The van der Waals surface area contributed by atoms with Crippen LogP contribution < -0.4 is 4.74 Å². The number of carbonyl (C=O) groups is 1. The molecule has 24 heavy (non-hydrogen) atoms. The first-order valence-corrected chi connectivity index (χ1v) is 9.16. The lowest BCUT2D eigenvalue weighted by molar-refractivity contribution is -0.146. The minimum absolute atomic E-state index is 0.176. The number of benzene rings is 1. The van der Waals surface area contributed by atoms with Crippen LogP contribution in [0.4, 0.5) is 0 Å². The molecule has 3 rings (SSSR count). The summed E-state index contributed by atoms with van der Waals surface area (Å²) in [5, 5.41) is 11.6. The fourth-order valence-corrected chi connectivity index (χ4v) is 3.65. The summed E-state index contributed by atoms with van der Waals surface area (Å²) in [4.78, 5) is 14.3. The predicted molar refractivity (Wildman–Crippen MR) is 94.5 cm³/mol. The minimum atomic E-state index is -0.973. The molecular weight excluding hydrogens is 326 g/mol. The van der Waals surface area contributed by atoms with Gasteiger partial charge in [-0.15, -0.1) is 0 Å². The van der Waals surface area contributed by atoms with Gasteiger partial charge < -0.3 is 14.7 Å². The zero-order valence-corrected chi connectivity index (χ0v) is 15.2. The molecule has 1 aliphatic heterocycles. The van der Waals surface area contributed by atoms with Crippen LogP contribution in [0, 0.1) is 19.8 Å². The topological polar surface area (TPSA) is 49.8 Å². The number of likely N-dealkylation sites (tertiary alicyclic amines) is 1. The van der Waals surface area contributed by atoms with Crippen LogP contribution in [0.25, 0.3) is 0 Å². The zero-order chi connectivity index (χ0) is 17.3. The van der Waals surface area contributed by atoms with E-state index in [-0.39, 0.29) is 18.4 Å². The van der Waals surface area contributed by atoms with Gasteiger partial charge in [0.25, 0.3) is 0 Å². The third-order valence-corrected chi connectivity index (χ3v) is 5.84. The number of β-amino-alcohol motifs (C(OH)–C–C–N with tert-alkyl or cyclic N) is 1. The second-order valence-corrected chi connectivity index (χ2v) is 7.75. The van der Waals surface area contributed by atoms with Crippen LogP contribution in [0.5, 0.6) is 5.75 Å². The molecule has 1 unspecified atom stereocenters. The first-order chi connectivity index (χ1) is 11.4. The largest absolute Gasteiger partial charge is 0.491 e. The summed E-state index contributed by atoms with van der Waals surface area (Å²) < 4.78 is 5.85. The molecule has 0 spiro atoms. The molecule has 5 heteroatoms. The van der Waals surface area contributed by atoms with Crippen LogP contribution in [0.2, 0.25) is 5.02 Å². The molecule has 0 bridgehead atoms. The summed E-state index contributed by atoms with van der Waals surface area (Å²) in [6.45, 7) is 5.19. The van der Waals surface area contributed by atoms with Crippen LogP contribution in [0.3, 0.4) is 0 Å². The number of hydrogen-bond donors (Lipinski definition) is 1. The summed E-state index contributed by atoms with van der Waals surface area (Å²) in [7, 11) is 0. The number of piperidine rings is 1. The highest BCUT2D eigenvalue weighted by Crippen LogP contribution is 2.32. The van der Waals surface area contributed by atoms with Gasteiger partial charge in [0.15, 0.2) is 0 Å². The van der Waals surface area contributed by atoms with Crippen LogP contribution in [-0.4, -0.2) is 41.2 Å². The number of ether oxygens (including phenoxy) is 1. The summed E-state index contributed by atoms with van der Waals surface area (Å²) >= 11 is 6.18.